The minimum absolute atomic E-state index is 0.126. The van der Waals surface area contributed by atoms with Crippen LogP contribution in [0, 0.1) is 0 Å². The Labute approximate surface area is 112 Å². The standard InChI is InChI=1S/C12H12BrNO4/c13-8-4-3-7(12(16)17)6-9(8)14-11(15)10-2-1-5-18-10/h3-4,6,10H,1-2,5H2,(H,14,15)(H,16,17)/t10-/m0/s1. The van der Waals surface area contributed by atoms with Crippen molar-refractivity contribution in [2.45, 2.75) is 18.9 Å². The second-order valence-corrected chi connectivity index (χ2v) is 4.85. The first-order valence-corrected chi connectivity index (χ1v) is 6.32. The molecule has 0 aromatic heterocycles. The molecule has 0 unspecified atom stereocenters. The summed E-state index contributed by atoms with van der Waals surface area (Å²) in [7, 11) is 0. The van der Waals surface area contributed by atoms with Gasteiger partial charge in [-0.25, -0.2) is 4.79 Å². The van der Waals surface area contributed by atoms with E-state index in [1.54, 1.807) is 6.07 Å². The van der Waals surface area contributed by atoms with Gasteiger partial charge in [0, 0.05) is 11.1 Å². The van der Waals surface area contributed by atoms with Crippen LogP contribution in [0.5, 0.6) is 0 Å². The number of benzene rings is 1. The molecule has 2 rings (SSSR count). The Hall–Kier alpha value is -1.40. The van der Waals surface area contributed by atoms with Crippen LogP contribution < -0.4 is 5.32 Å². The number of carbonyl (C=O) groups is 2. The smallest absolute Gasteiger partial charge is 0.335 e. The molecule has 5 nitrogen and oxygen atoms in total. The van der Waals surface area contributed by atoms with E-state index in [1.807, 2.05) is 0 Å². The topological polar surface area (TPSA) is 75.6 Å². The van der Waals surface area contributed by atoms with Gasteiger partial charge in [0.1, 0.15) is 6.10 Å². The molecule has 1 aliphatic rings. The molecule has 0 aliphatic carbocycles. The number of carboxylic acids is 1. The molecule has 1 saturated heterocycles. The number of hydrogen-bond acceptors (Lipinski definition) is 3. The highest BCUT2D eigenvalue weighted by Gasteiger charge is 2.24. The summed E-state index contributed by atoms with van der Waals surface area (Å²) in [4.78, 5) is 22.7. The molecule has 96 valence electrons. The summed E-state index contributed by atoms with van der Waals surface area (Å²) in [6, 6.07) is 4.47. The summed E-state index contributed by atoms with van der Waals surface area (Å²) in [5.41, 5.74) is 0.566. The minimum Gasteiger partial charge on any atom is -0.478 e. The van der Waals surface area contributed by atoms with Crippen molar-refractivity contribution in [2.24, 2.45) is 0 Å². The molecule has 1 aliphatic heterocycles. The quantitative estimate of drug-likeness (QED) is 0.897. The number of amides is 1. The molecule has 6 heteroatoms. The third-order valence-electron chi connectivity index (χ3n) is 2.69. The van der Waals surface area contributed by atoms with Gasteiger partial charge in [0.2, 0.25) is 0 Å². The maximum absolute atomic E-state index is 11.8. The number of ether oxygens (including phenoxy) is 1. The molecule has 1 aromatic carbocycles. The summed E-state index contributed by atoms with van der Waals surface area (Å²) in [5, 5.41) is 11.6. The van der Waals surface area contributed by atoms with E-state index < -0.39 is 12.1 Å². The van der Waals surface area contributed by atoms with E-state index >= 15 is 0 Å². The zero-order chi connectivity index (χ0) is 13.1. The van der Waals surface area contributed by atoms with E-state index in [2.05, 4.69) is 21.2 Å². The van der Waals surface area contributed by atoms with E-state index in [0.29, 0.717) is 23.2 Å². The molecule has 0 radical (unpaired) electrons. The van der Waals surface area contributed by atoms with Crippen LogP contribution >= 0.6 is 15.9 Å². The van der Waals surface area contributed by atoms with E-state index in [4.69, 9.17) is 9.84 Å². The number of carboxylic acid groups (broad SMARTS) is 1. The number of nitrogens with one attached hydrogen (secondary N) is 1. The van der Waals surface area contributed by atoms with Gasteiger partial charge in [0.15, 0.2) is 0 Å². The Morgan fingerprint density at radius 2 is 2.22 bits per heavy atom. The molecule has 0 bridgehead atoms. The average molecular weight is 314 g/mol. The van der Waals surface area contributed by atoms with Crippen LogP contribution in [0.1, 0.15) is 23.2 Å². The van der Waals surface area contributed by atoms with Crippen LogP contribution in [-0.2, 0) is 9.53 Å². The largest absolute Gasteiger partial charge is 0.478 e. The lowest BCUT2D eigenvalue weighted by molar-refractivity contribution is -0.124. The van der Waals surface area contributed by atoms with Gasteiger partial charge in [0.25, 0.3) is 5.91 Å². The van der Waals surface area contributed by atoms with E-state index in [0.717, 1.165) is 6.42 Å². The monoisotopic (exact) mass is 313 g/mol. The molecule has 18 heavy (non-hydrogen) atoms. The molecule has 1 heterocycles. The first-order valence-electron chi connectivity index (χ1n) is 5.53. The van der Waals surface area contributed by atoms with Crippen LogP contribution in [0.3, 0.4) is 0 Å². The normalized spacial score (nSPS) is 18.6. The first-order chi connectivity index (χ1) is 8.58. The number of anilines is 1. The Balaban J connectivity index is 2.14. The maximum Gasteiger partial charge on any atom is 0.335 e. The fraction of sp³-hybridized carbons (Fsp3) is 0.333. The summed E-state index contributed by atoms with van der Waals surface area (Å²) in [6.07, 6.45) is 1.13. The predicted molar refractivity (Wildman–Crippen MR) is 68.7 cm³/mol. The lowest BCUT2D eigenvalue weighted by Crippen LogP contribution is -2.27. The van der Waals surface area contributed by atoms with Crippen molar-refractivity contribution in [3.8, 4) is 0 Å². The Kier molecular flexibility index (Phi) is 3.98. The Bertz CT molecular complexity index is 483. The fourth-order valence-electron chi connectivity index (χ4n) is 1.75. The highest BCUT2D eigenvalue weighted by molar-refractivity contribution is 9.10. The lowest BCUT2D eigenvalue weighted by Gasteiger charge is -2.12. The zero-order valence-corrected chi connectivity index (χ0v) is 11.1. The van der Waals surface area contributed by atoms with Crippen molar-refractivity contribution in [1.29, 1.82) is 0 Å². The number of halogens is 1. The maximum atomic E-state index is 11.8. The average Bonchev–Trinajstić information content (AvgIpc) is 2.85. The van der Waals surface area contributed by atoms with Crippen molar-refractivity contribution >= 4 is 33.5 Å². The summed E-state index contributed by atoms with van der Waals surface area (Å²) in [5.74, 6) is -1.27. The van der Waals surface area contributed by atoms with Gasteiger partial charge in [-0.3, -0.25) is 4.79 Å². The van der Waals surface area contributed by atoms with Crippen LogP contribution in [0.2, 0.25) is 0 Å². The van der Waals surface area contributed by atoms with E-state index in [9.17, 15) is 9.59 Å². The van der Waals surface area contributed by atoms with Crippen molar-refractivity contribution in [3.05, 3.63) is 28.2 Å². The molecule has 0 spiro atoms. The van der Waals surface area contributed by atoms with Gasteiger partial charge in [-0.05, 0) is 47.0 Å². The van der Waals surface area contributed by atoms with Gasteiger partial charge in [-0.15, -0.1) is 0 Å². The second-order valence-electron chi connectivity index (χ2n) is 3.99. The molecule has 1 amide bonds. The Morgan fingerprint density at radius 3 is 2.83 bits per heavy atom. The molecule has 2 N–H and O–H groups in total. The van der Waals surface area contributed by atoms with Gasteiger partial charge in [-0.2, -0.15) is 0 Å². The van der Waals surface area contributed by atoms with Crippen molar-refractivity contribution in [1.82, 2.24) is 0 Å². The van der Waals surface area contributed by atoms with Crippen molar-refractivity contribution in [2.75, 3.05) is 11.9 Å². The number of hydrogen-bond donors (Lipinski definition) is 2. The van der Waals surface area contributed by atoms with E-state index in [1.165, 1.54) is 12.1 Å². The fourth-order valence-corrected chi connectivity index (χ4v) is 2.10. The third-order valence-corrected chi connectivity index (χ3v) is 3.38. The summed E-state index contributed by atoms with van der Waals surface area (Å²) >= 11 is 3.27. The molecular weight excluding hydrogens is 302 g/mol. The highest BCUT2D eigenvalue weighted by Crippen LogP contribution is 2.25. The highest BCUT2D eigenvalue weighted by atomic mass is 79.9. The zero-order valence-electron chi connectivity index (χ0n) is 9.48. The molecule has 1 atom stereocenters. The van der Waals surface area contributed by atoms with Crippen LogP contribution in [-0.4, -0.2) is 29.7 Å². The van der Waals surface area contributed by atoms with Gasteiger partial charge < -0.3 is 15.2 Å². The van der Waals surface area contributed by atoms with E-state index in [-0.39, 0.29) is 11.5 Å². The van der Waals surface area contributed by atoms with Crippen molar-refractivity contribution < 1.29 is 19.4 Å². The molecule has 1 fully saturated rings. The van der Waals surface area contributed by atoms with Crippen LogP contribution in [0.25, 0.3) is 0 Å². The summed E-state index contributed by atoms with van der Waals surface area (Å²) < 4.78 is 5.90. The molecule has 0 saturated carbocycles. The third kappa shape index (κ3) is 2.88. The molecule has 1 aromatic rings. The second kappa shape index (κ2) is 5.49. The van der Waals surface area contributed by atoms with Crippen LogP contribution in [0.15, 0.2) is 22.7 Å². The lowest BCUT2D eigenvalue weighted by atomic mass is 10.2. The number of carbonyl (C=O) groups excluding carboxylic acids is 1. The molecular formula is C12H12BrNO4. The number of rotatable bonds is 3. The van der Waals surface area contributed by atoms with Crippen LogP contribution in [0.4, 0.5) is 5.69 Å². The summed E-state index contributed by atoms with van der Waals surface area (Å²) in [6.45, 7) is 0.592. The Morgan fingerprint density at radius 1 is 1.44 bits per heavy atom. The minimum atomic E-state index is -1.03. The first kappa shape index (κ1) is 13.0. The SMILES string of the molecule is O=C(O)c1ccc(Br)c(NC(=O)[C@@H]2CCCO2)c1. The van der Waals surface area contributed by atoms with Crippen molar-refractivity contribution in [3.63, 3.8) is 0 Å². The predicted octanol–water partition coefficient (Wildman–Crippen LogP) is 2.26. The van der Waals surface area contributed by atoms with Gasteiger partial charge in [-0.1, -0.05) is 0 Å². The van der Waals surface area contributed by atoms with Gasteiger partial charge in [0.05, 0.1) is 11.3 Å². The number of aromatic carboxylic acids is 1. The van der Waals surface area contributed by atoms with Gasteiger partial charge >= 0.3 is 5.97 Å².